The second-order valence-electron chi connectivity index (χ2n) is 7.26. The zero-order chi connectivity index (χ0) is 19.4. The quantitative estimate of drug-likeness (QED) is 0.557. The molecule has 1 atom stereocenters. The van der Waals surface area contributed by atoms with E-state index in [9.17, 15) is 9.90 Å². The molecular formula is C23H24N2O2S. The van der Waals surface area contributed by atoms with Crippen molar-refractivity contribution < 1.29 is 9.90 Å². The van der Waals surface area contributed by atoms with Gasteiger partial charge in [0.15, 0.2) is 0 Å². The molecular weight excluding hydrogens is 368 g/mol. The average Bonchev–Trinajstić information content (AvgIpc) is 3.46. The van der Waals surface area contributed by atoms with Crippen molar-refractivity contribution in [3.05, 3.63) is 94.2 Å². The number of thiophene rings is 1. The number of rotatable bonds is 7. The van der Waals surface area contributed by atoms with E-state index in [1.807, 2.05) is 78.2 Å². The van der Waals surface area contributed by atoms with E-state index >= 15 is 0 Å². The van der Waals surface area contributed by atoms with Crippen molar-refractivity contribution in [2.75, 3.05) is 6.54 Å². The van der Waals surface area contributed by atoms with Gasteiger partial charge in [-0.2, -0.15) is 0 Å². The first-order valence-electron chi connectivity index (χ1n) is 9.57. The van der Waals surface area contributed by atoms with Crippen molar-refractivity contribution in [2.24, 2.45) is 5.92 Å². The molecule has 1 saturated carbocycles. The number of urea groups is 1. The fourth-order valence-electron chi connectivity index (χ4n) is 3.57. The Morgan fingerprint density at radius 3 is 2.11 bits per heavy atom. The van der Waals surface area contributed by atoms with Crippen LogP contribution in [-0.2, 0) is 5.60 Å². The highest BCUT2D eigenvalue weighted by Gasteiger charge is 2.46. The number of hydrogen-bond donors (Lipinski definition) is 3. The molecule has 1 unspecified atom stereocenters. The summed E-state index contributed by atoms with van der Waals surface area (Å²) in [6.07, 6.45) is 1.99. The summed E-state index contributed by atoms with van der Waals surface area (Å²) in [6, 6.07) is 23.1. The first-order valence-corrected chi connectivity index (χ1v) is 10.5. The van der Waals surface area contributed by atoms with Crippen molar-refractivity contribution in [3.8, 4) is 0 Å². The summed E-state index contributed by atoms with van der Waals surface area (Å²) in [7, 11) is 0. The number of hydrogen-bond acceptors (Lipinski definition) is 3. The van der Waals surface area contributed by atoms with Gasteiger partial charge in [0.05, 0.1) is 12.6 Å². The van der Waals surface area contributed by atoms with Crippen molar-refractivity contribution in [1.29, 1.82) is 0 Å². The molecule has 0 saturated heterocycles. The predicted molar refractivity (Wildman–Crippen MR) is 112 cm³/mol. The Hall–Kier alpha value is -2.63. The second kappa shape index (κ2) is 8.17. The molecule has 5 heteroatoms. The lowest BCUT2D eigenvalue weighted by atomic mass is 9.95. The molecule has 0 spiro atoms. The molecule has 0 aliphatic heterocycles. The smallest absolute Gasteiger partial charge is 0.315 e. The summed E-state index contributed by atoms with van der Waals surface area (Å²) in [6.45, 7) is 0.209. The third-order valence-electron chi connectivity index (χ3n) is 5.26. The molecule has 0 bridgehead atoms. The number of nitrogens with one attached hydrogen (secondary N) is 2. The van der Waals surface area contributed by atoms with Gasteiger partial charge in [-0.15, -0.1) is 11.3 Å². The largest absolute Gasteiger partial charge is 0.382 e. The van der Waals surface area contributed by atoms with E-state index < -0.39 is 5.60 Å². The number of carbonyl (C=O) groups is 1. The molecule has 4 rings (SSSR count). The first kappa shape index (κ1) is 18.7. The topological polar surface area (TPSA) is 61.4 Å². The van der Waals surface area contributed by atoms with Gasteiger partial charge in [-0.05, 0) is 41.3 Å². The van der Waals surface area contributed by atoms with Gasteiger partial charge in [0.2, 0.25) is 0 Å². The van der Waals surface area contributed by atoms with Gasteiger partial charge in [0.25, 0.3) is 0 Å². The molecule has 28 heavy (non-hydrogen) atoms. The van der Waals surface area contributed by atoms with E-state index in [4.69, 9.17) is 0 Å². The van der Waals surface area contributed by atoms with E-state index in [1.54, 1.807) is 0 Å². The van der Waals surface area contributed by atoms with Crippen LogP contribution in [0.2, 0.25) is 0 Å². The van der Waals surface area contributed by atoms with Crippen LogP contribution in [0.1, 0.15) is 34.9 Å². The highest BCUT2D eigenvalue weighted by molar-refractivity contribution is 7.10. The Morgan fingerprint density at radius 1 is 1.00 bits per heavy atom. The van der Waals surface area contributed by atoms with Gasteiger partial charge in [-0.1, -0.05) is 66.7 Å². The Morgan fingerprint density at radius 2 is 1.61 bits per heavy atom. The monoisotopic (exact) mass is 392 g/mol. The van der Waals surface area contributed by atoms with Crippen LogP contribution in [0.15, 0.2) is 78.2 Å². The van der Waals surface area contributed by atoms with Crippen LogP contribution in [0, 0.1) is 5.92 Å². The predicted octanol–water partition coefficient (Wildman–Crippen LogP) is 4.43. The van der Waals surface area contributed by atoms with Crippen molar-refractivity contribution in [1.82, 2.24) is 10.6 Å². The average molecular weight is 393 g/mol. The van der Waals surface area contributed by atoms with Crippen LogP contribution in [0.5, 0.6) is 0 Å². The summed E-state index contributed by atoms with van der Waals surface area (Å²) in [5.74, 6) is 0.213. The minimum absolute atomic E-state index is 0.209. The molecule has 1 heterocycles. The van der Waals surface area contributed by atoms with E-state index in [1.165, 1.54) is 11.3 Å². The van der Waals surface area contributed by atoms with Crippen LogP contribution in [0.3, 0.4) is 0 Å². The van der Waals surface area contributed by atoms with Crippen LogP contribution in [0.4, 0.5) is 4.79 Å². The van der Waals surface area contributed by atoms with Crippen molar-refractivity contribution in [3.63, 3.8) is 0 Å². The molecule has 1 fully saturated rings. The van der Waals surface area contributed by atoms with Gasteiger partial charge in [0, 0.05) is 4.88 Å². The molecule has 3 aromatic rings. The number of benzene rings is 2. The summed E-state index contributed by atoms with van der Waals surface area (Å²) in [5.41, 5.74) is 1.04. The number of amides is 2. The fourth-order valence-corrected chi connectivity index (χ4v) is 4.47. The lowest BCUT2D eigenvalue weighted by Gasteiger charge is -2.28. The summed E-state index contributed by atoms with van der Waals surface area (Å²) in [5, 5.41) is 19.1. The zero-order valence-electron chi connectivity index (χ0n) is 15.5. The summed E-state index contributed by atoms with van der Waals surface area (Å²) >= 11 is 1.54. The second-order valence-corrected chi connectivity index (χ2v) is 8.20. The van der Waals surface area contributed by atoms with Gasteiger partial charge in [0.1, 0.15) is 5.60 Å². The normalized spacial score (nSPS) is 15.8. The molecule has 3 N–H and O–H groups in total. The van der Waals surface area contributed by atoms with Crippen LogP contribution in [-0.4, -0.2) is 17.7 Å². The Kier molecular flexibility index (Phi) is 5.46. The maximum absolute atomic E-state index is 12.7. The van der Waals surface area contributed by atoms with Gasteiger partial charge in [-0.3, -0.25) is 0 Å². The molecule has 2 amide bonds. The minimum atomic E-state index is -0.986. The summed E-state index contributed by atoms with van der Waals surface area (Å²) in [4.78, 5) is 13.6. The highest BCUT2D eigenvalue weighted by Crippen LogP contribution is 2.46. The maximum Gasteiger partial charge on any atom is 0.315 e. The van der Waals surface area contributed by atoms with Gasteiger partial charge in [-0.25, -0.2) is 4.79 Å². The van der Waals surface area contributed by atoms with Crippen LogP contribution >= 0.6 is 11.3 Å². The Balaban J connectivity index is 1.48. The highest BCUT2D eigenvalue weighted by atomic mass is 32.1. The molecule has 1 aliphatic rings. The molecule has 1 aliphatic carbocycles. The molecule has 0 radical (unpaired) electrons. The van der Waals surface area contributed by atoms with Crippen molar-refractivity contribution in [2.45, 2.75) is 24.5 Å². The Labute approximate surface area is 169 Å². The maximum atomic E-state index is 12.7. The van der Waals surface area contributed by atoms with E-state index in [2.05, 4.69) is 10.6 Å². The summed E-state index contributed by atoms with van der Waals surface area (Å²) < 4.78 is 0. The molecule has 1 aromatic heterocycles. The van der Waals surface area contributed by atoms with Crippen molar-refractivity contribution >= 4 is 17.4 Å². The minimum Gasteiger partial charge on any atom is -0.382 e. The van der Waals surface area contributed by atoms with Gasteiger partial charge >= 0.3 is 6.03 Å². The number of aliphatic hydroxyl groups is 1. The van der Waals surface area contributed by atoms with Crippen LogP contribution in [0.25, 0.3) is 0 Å². The standard InChI is InChI=1S/C23H24N2O2S/c26-22(24-16-23(27,19-13-14-19)20-12-7-15-28-20)25-21(17-8-3-1-4-9-17)18-10-5-2-6-11-18/h1-12,15,19,21,27H,13-14,16H2,(H2,24,25,26). The van der Waals surface area contributed by atoms with Gasteiger partial charge < -0.3 is 15.7 Å². The fraction of sp³-hybridized carbons (Fsp3) is 0.261. The van der Waals surface area contributed by atoms with E-state index in [0.29, 0.717) is 0 Å². The van der Waals surface area contributed by atoms with Crippen LogP contribution < -0.4 is 10.6 Å². The lowest BCUT2D eigenvalue weighted by Crippen LogP contribution is -2.46. The molecule has 2 aromatic carbocycles. The Bertz CT molecular complexity index is 855. The lowest BCUT2D eigenvalue weighted by molar-refractivity contribution is 0.0195. The zero-order valence-corrected chi connectivity index (χ0v) is 16.4. The molecule has 144 valence electrons. The SMILES string of the molecule is O=C(NCC(O)(c1cccs1)C1CC1)NC(c1ccccc1)c1ccccc1. The third kappa shape index (κ3) is 4.11. The van der Waals surface area contributed by atoms with E-state index in [0.717, 1.165) is 28.8 Å². The number of carbonyl (C=O) groups excluding carboxylic acids is 1. The molecule has 4 nitrogen and oxygen atoms in total. The van der Waals surface area contributed by atoms with E-state index in [-0.39, 0.29) is 24.5 Å². The first-order chi connectivity index (χ1) is 13.7. The third-order valence-corrected chi connectivity index (χ3v) is 6.30.